The third-order valence-corrected chi connectivity index (χ3v) is 8.84. The number of nitrogens with zero attached hydrogens (tertiary/aromatic N) is 2. The molecular weight excluding hydrogens is 686 g/mol. The number of anilines is 1. The van der Waals surface area contributed by atoms with Crippen molar-refractivity contribution in [3.8, 4) is 0 Å². The van der Waals surface area contributed by atoms with E-state index in [0.717, 1.165) is 23.8 Å². The van der Waals surface area contributed by atoms with Crippen molar-refractivity contribution in [3.63, 3.8) is 0 Å². The number of carbonyl (C=O) groups excluding carboxylic acids is 4. The van der Waals surface area contributed by atoms with E-state index in [-0.39, 0.29) is 29.4 Å². The first-order valence-electron chi connectivity index (χ1n) is 17.3. The van der Waals surface area contributed by atoms with Crippen molar-refractivity contribution >= 4 is 35.3 Å². The maximum atomic E-state index is 15.8. The zero-order chi connectivity index (χ0) is 38.4. The fourth-order valence-corrected chi connectivity index (χ4v) is 6.04. The summed E-state index contributed by atoms with van der Waals surface area (Å²) in [6.45, 7) is 7.23. The van der Waals surface area contributed by atoms with Crippen LogP contribution in [0.15, 0.2) is 53.5 Å². The Balaban J connectivity index is 1.69. The third kappa shape index (κ3) is 11.2. The van der Waals surface area contributed by atoms with Crippen LogP contribution in [0.25, 0.3) is 0 Å². The van der Waals surface area contributed by atoms with Gasteiger partial charge in [-0.1, -0.05) is 69.2 Å². The number of benzodiazepines with no additional fused rings is 1. The average Bonchev–Trinajstić information content (AvgIpc) is 3.88. The quantitative estimate of drug-likeness (QED) is 0.154. The van der Waals surface area contributed by atoms with Crippen LogP contribution in [0.4, 0.5) is 28.0 Å². The maximum absolute atomic E-state index is 15.8. The van der Waals surface area contributed by atoms with Crippen molar-refractivity contribution in [2.75, 3.05) is 18.2 Å². The van der Waals surface area contributed by atoms with Crippen LogP contribution in [0, 0.1) is 29.5 Å². The summed E-state index contributed by atoms with van der Waals surface area (Å²) >= 11 is 0. The molecule has 2 aromatic carbocycles. The molecule has 0 aromatic heterocycles. The van der Waals surface area contributed by atoms with Crippen LogP contribution in [0.5, 0.6) is 0 Å². The van der Waals surface area contributed by atoms with Crippen LogP contribution in [0.3, 0.4) is 0 Å². The monoisotopic (exact) mass is 733 g/mol. The number of hydrogen-bond donors (Lipinski definition) is 3. The van der Waals surface area contributed by atoms with E-state index in [1.807, 2.05) is 0 Å². The number of para-hydroxylation sites is 1. The van der Waals surface area contributed by atoms with E-state index in [4.69, 9.17) is 15.2 Å². The number of carbonyl (C=O) groups is 4. The zero-order valence-electron chi connectivity index (χ0n) is 30.0. The number of primary amides is 1. The highest BCUT2D eigenvalue weighted by molar-refractivity contribution is 6.20. The van der Waals surface area contributed by atoms with Gasteiger partial charge in [-0.2, -0.15) is 13.2 Å². The first-order chi connectivity index (χ1) is 24.3. The lowest BCUT2D eigenvalue weighted by atomic mass is 9.83. The summed E-state index contributed by atoms with van der Waals surface area (Å²) in [5.41, 5.74) is 5.49. The Bertz CT molecular complexity index is 1620. The average molecular weight is 734 g/mol. The molecule has 52 heavy (non-hydrogen) atoms. The molecule has 0 bridgehead atoms. The van der Waals surface area contributed by atoms with Crippen molar-refractivity contribution in [1.82, 2.24) is 10.6 Å². The highest BCUT2D eigenvalue weighted by atomic mass is 19.4. The molecule has 11 nitrogen and oxygen atoms in total. The highest BCUT2D eigenvalue weighted by Crippen LogP contribution is 2.39. The predicted octanol–water partition coefficient (Wildman–Crippen LogP) is 5.84. The second-order valence-electron chi connectivity index (χ2n) is 14.6. The normalized spacial score (nSPS) is 18.1. The number of alkyl halides is 3. The van der Waals surface area contributed by atoms with Crippen LogP contribution >= 0.6 is 0 Å². The van der Waals surface area contributed by atoms with Gasteiger partial charge in [0.25, 0.3) is 5.91 Å². The van der Waals surface area contributed by atoms with Crippen LogP contribution in [-0.4, -0.2) is 66.8 Å². The summed E-state index contributed by atoms with van der Waals surface area (Å²) in [6, 6.07) is 11.5. The Morgan fingerprint density at radius 1 is 1.04 bits per heavy atom. The molecule has 1 unspecified atom stereocenters. The van der Waals surface area contributed by atoms with Gasteiger partial charge >= 0.3 is 18.2 Å². The largest absolute Gasteiger partial charge is 0.444 e. The second-order valence-corrected chi connectivity index (χ2v) is 14.6. The van der Waals surface area contributed by atoms with E-state index in [9.17, 15) is 32.3 Å². The maximum Gasteiger partial charge on any atom is 0.408 e. The molecule has 1 heterocycles. The van der Waals surface area contributed by atoms with Gasteiger partial charge in [-0.15, -0.1) is 0 Å². The van der Waals surface area contributed by atoms with Gasteiger partial charge < -0.3 is 20.5 Å². The smallest absolute Gasteiger partial charge is 0.408 e. The molecule has 4 atom stereocenters. The number of ether oxygens (including phenoxy) is 2. The Morgan fingerprint density at radius 3 is 2.29 bits per heavy atom. The van der Waals surface area contributed by atoms with Gasteiger partial charge in [-0.05, 0) is 57.4 Å². The van der Waals surface area contributed by atoms with Gasteiger partial charge in [0, 0.05) is 30.0 Å². The fraction of sp³-hybridized carbons (Fsp3) is 0.541. The molecular formula is C37H47F4N5O6. The van der Waals surface area contributed by atoms with E-state index in [1.54, 1.807) is 71.0 Å². The minimum absolute atomic E-state index is 0.176. The summed E-state index contributed by atoms with van der Waals surface area (Å²) in [5.74, 6) is -5.46. The van der Waals surface area contributed by atoms with Gasteiger partial charge in [0.2, 0.25) is 5.91 Å². The lowest BCUT2D eigenvalue weighted by Gasteiger charge is -2.29. The molecule has 4 N–H and O–H groups in total. The predicted molar refractivity (Wildman–Crippen MR) is 186 cm³/mol. The molecule has 3 amide bonds. The van der Waals surface area contributed by atoms with E-state index < -0.39 is 91.0 Å². The number of nitrogens with one attached hydrogen (secondary N) is 2. The lowest BCUT2D eigenvalue weighted by molar-refractivity contribution is -0.148. The van der Waals surface area contributed by atoms with Gasteiger partial charge in [0.15, 0.2) is 12.9 Å². The number of aliphatic imine (C=N–C) groups is 1. The number of nitrogens with two attached hydrogens (primary N) is 1. The molecule has 0 radical (unpaired) electrons. The number of alkyl carbamates (subject to hydrolysis) is 1. The van der Waals surface area contributed by atoms with Gasteiger partial charge in [0.1, 0.15) is 17.5 Å². The zero-order valence-corrected chi connectivity index (χ0v) is 30.0. The summed E-state index contributed by atoms with van der Waals surface area (Å²) in [7, 11) is 0. The van der Waals surface area contributed by atoms with Crippen molar-refractivity contribution in [1.29, 1.82) is 0 Å². The highest BCUT2D eigenvalue weighted by Gasteiger charge is 2.39. The Hall–Kier alpha value is -4.53. The molecule has 1 saturated carbocycles. The topological polar surface area (TPSA) is 152 Å². The third-order valence-electron chi connectivity index (χ3n) is 8.84. The number of rotatable bonds is 15. The Labute approximate surface area is 300 Å². The number of amides is 3. The molecule has 4 rings (SSSR count). The summed E-state index contributed by atoms with van der Waals surface area (Å²) in [4.78, 5) is 58.4. The molecule has 1 aliphatic heterocycles. The molecule has 2 aromatic rings. The Kier molecular flexibility index (Phi) is 13.1. The van der Waals surface area contributed by atoms with Crippen molar-refractivity contribution in [2.24, 2.45) is 34.4 Å². The summed E-state index contributed by atoms with van der Waals surface area (Å²) < 4.78 is 66.9. The molecule has 0 spiro atoms. The number of fused-ring (bicyclic) bond motifs is 1. The molecule has 0 saturated heterocycles. The number of esters is 1. The number of hydrogen-bond acceptors (Lipinski definition) is 8. The van der Waals surface area contributed by atoms with Crippen molar-refractivity contribution in [2.45, 2.75) is 90.7 Å². The van der Waals surface area contributed by atoms with E-state index >= 15 is 4.39 Å². The van der Waals surface area contributed by atoms with E-state index in [2.05, 4.69) is 15.6 Å². The van der Waals surface area contributed by atoms with E-state index in [0.29, 0.717) is 12.0 Å². The Morgan fingerprint density at radius 2 is 1.71 bits per heavy atom. The SMILES string of the molecule is CC(C)C(NC(=O)OC(C)(C)C)C(=O)OCN1C(=O)[C@@H](NC[C@H](CCC(F)(F)F)[C@@H](CC2CC2)C(N)=O)N=C(c2ccccc2)c2cccc(F)c21. The lowest BCUT2D eigenvalue weighted by Crippen LogP contribution is -2.51. The van der Waals surface area contributed by atoms with Gasteiger partial charge in [-0.25, -0.2) is 14.0 Å². The minimum Gasteiger partial charge on any atom is -0.444 e. The number of halogens is 4. The van der Waals surface area contributed by atoms with Gasteiger partial charge in [-0.3, -0.25) is 24.8 Å². The summed E-state index contributed by atoms with van der Waals surface area (Å²) in [5, 5.41) is 5.43. The molecule has 1 aliphatic carbocycles. The molecule has 2 aliphatic rings. The van der Waals surface area contributed by atoms with Crippen LogP contribution < -0.4 is 21.3 Å². The van der Waals surface area contributed by atoms with Crippen LogP contribution in [0.2, 0.25) is 0 Å². The number of benzene rings is 2. The van der Waals surface area contributed by atoms with Gasteiger partial charge in [0.05, 0.1) is 11.4 Å². The standard InChI is InChI=1S/C37H47F4N5O6/c1-21(2)28(45-35(50)52-36(3,4)5)34(49)51-20-46-30-25(12-9-13-27(30)38)29(23-10-7-6-8-11-23)44-32(33(46)48)43-19-24(16-17-37(39,40)41)26(31(42)47)18-22-14-15-22/h6-13,21-22,24,26,28,32,43H,14-20H2,1-5H3,(H2,42,47)(H,45,50)/t24-,26+,28?,32-/m0/s1. The summed E-state index contributed by atoms with van der Waals surface area (Å²) in [6.07, 6.45) is -6.46. The molecule has 284 valence electrons. The molecule has 15 heteroatoms. The van der Waals surface area contributed by atoms with Crippen molar-refractivity contribution in [3.05, 3.63) is 65.5 Å². The fourth-order valence-electron chi connectivity index (χ4n) is 6.04. The minimum atomic E-state index is -4.50. The second kappa shape index (κ2) is 16.9. The van der Waals surface area contributed by atoms with Crippen molar-refractivity contribution < 1.29 is 46.2 Å². The molecule has 1 fully saturated rings. The van der Waals surface area contributed by atoms with Crippen LogP contribution in [0.1, 0.15) is 77.8 Å². The first kappa shape index (κ1) is 40.2. The van der Waals surface area contributed by atoms with Crippen LogP contribution in [-0.2, 0) is 23.9 Å². The van der Waals surface area contributed by atoms with E-state index in [1.165, 1.54) is 6.07 Å². The first-order valence-corrected chi connectivity index (χ1v) is 17.3.